The summed E-state index contributed by atoms with van der Waals surface area (Å²) in [6, 6.07) is 0. The SMILES string of the molecule is CC(C)(C)OC(=O)NOCC(=O)NCCOCCOCCNC(=O)CCCCC1CCSS1. The van der Waals surface area contributed by atoms with Crippen molar-refractivity contribution in [1.29, 1.82) is 0 Å². The van der Waals surface area contributed by atoms with Crippen LogP contribution in [0.4, 0.5) is 4.79 Å². The molecule has 0 bridgehead atoms. The molecule has 192 valence electrons. The third-order valence-electron chi connectivity index (χ3n) is 4.17. The van der Waals surface area contributed by atoms with Crippen LogP contribution in [0.3, 0.4) is 0 Å². The average Bonchev–Trinajstić information content (AvgIpc) is 3.25. The molecule has 0 aromatic carbocycles. The van der Waals surface area contributed by atoms with Crippen molar-refractivity contribution in [2.45, 2.75) is 63.7 Å². The minimum Gasteiger partial charge on any atom is -0.442 e. The predicted octanol–water partition coefficient (Wildman–Crippen LogP) is 2.42. The van der Waals surface area contributed by atoms with Crippen LogP contribution >= 0.6 is 21.6 Å². The minimum atomic E-state index is -0.758. The highest BCUT2D eigenvalue weighted by molar-refractivity contribution is 8.77. The maximum atomic E-state index is 11.8. The second-order valence-corrected chi connectivity index (χ2v) is 11.2. The van der Waals surface area contributed by atoms with E-state index in [-0.39, 0.29) is 12.5 Å². The Morgan fingerprint density at radius 3 is 2.21 bits per heavy atom. The fourth-order valence-electron chi connectivity index (χ4n) is 2.67. The van der Waals surface area contributed by atoms with Gasteiger partial charge in [0.25, 0.3) is 0 Å². The lowest BCUT2D eigenvalue weighted by atomic mass is 10.1. The summed E-state index contributed by atoms with van der Waals surface area (Å²) in [5.41, 5.74) is 1.40. The lowest BCUT2D eigenvalue weighted by Crippen LogP contribution is -2.37. The van der Waals surface area contributed by atoms with Crippen LogP contribution in [-0.4, -0.2) is 80.6 Å². The molecule has 33 heavy (non-hydrogen) atoms. The van der Waals surface area contributed by atoms with Crippen molar-refractivity contribution in [3.63, 3.8) is 0 Å². The third-order valence-corrected chi connectivity index (χ3v) is 7.18. The first-order valence-electron chi connectivity index (χ1n) is 11.3. The molecular formula is C21H39N3O7S2. The summed E-state index contributed by atoms with van der Waals surface area (Å²) in [5, 5.41) is 6.23. The van der Waals surface area contributed by atoms with Gasteiger partial charge in [-0.1, -0.05) is 28.0 Å². The fraction of sp³-hybridized carbons (Fsp3) is 0.857. The molecule has 1 atom stereocenters. The van der Waals surface area contributed by atoms with Crippen LogP contribution in [0, 0.1) is 0 Å². The maximum absolute atomic E-state index is 11.8. The second kappa shape index (κ2) is 18.2. The van der Waals surface area contributed by atoms with Gasteiger partial charge in [-0.2, -0.15) is 5.48 Å². The average molecular weight is 510 g/mol. The molecule has 1 aliphatic heterocycles. The van der Waals surface area contributed by atoms with Crippen LogP contribution < -0.4 is 16.1 Å². The Labute approximate surface area is 204 Å². The molecule has 1 unspecified atom stereocenters. The predicted molar refractivity (Wildman–Crippen MR) is 130 cm³/mol. The molecule has 1 saturated heterocycles. The van der Waals surface area contributed by atoms with Gasteiger partial charge in [0.15, 0.2) is 6.61 Å². The van der Waals surface area contributed by atoms with E-state index in [0.717, 1.165) is 18.1 Å². The van der Waals surface area contributed by atoms with Crippen LogP contribution in [0.2, 0.25) is 0 Å². The van der Waals surface area contributed by atoms with Crippen molar-refractivity contribution in [1.82, 2.24) is 16.1 Å². The summed E-state index contributed by atoms with van der Waals surface area (Å²) in [6.45, 7) is 7.19. The number of hydrogen-bond acceptors (Lipinski definition) is 9. The maximum Gasteiger partial charge on any atom is 0.431 e. The molecule has 10 nitrogen and oxygen atoms in total. The molecule has 1 heterocycles. The zero-order valence-electron chi connectivity index (χ0n) is 19.9. The van der Waals surface area contributed by atoms with Gasteiger partial charge >= 0.3 is 6.09 Å². The number of hydrogen-bond donors (Lipinski definition) is 3. The fourth-order valence-corrected chi connectivity index (χ4v) is 5.70. The van der Waals surface area contributed by atoms with Gasteiger partial charge in [-0.25, -0.2) is 4.79 Å². The van der Waals surface area contributed by atoms with Crippen LogP contribution in [-0.2, 0) is 28.6 Å². The van der Waals surface area contributed by atoms with E-state index in [2.05, 4.69) is 10.6 Å². The van der Waals surface area contributed by atoms with Crippen molar-refractivity contribution >= 4 is 39.5 Å². The Kier molecular flexibility index (Phi) is 16.4. The normalized spacial score (nSPS) is 15.8. The van der Waals surface area contributed by atoms with Crippen molar-refractivity contribution in [2.75, 3.05) is 51.9 Å². The van der Waals surface area contributed by atoms with Gasteiger partial charge in [-0.05, 0) is 40.0 Å². The number of carbonyl (C=O) groups excluding carboxylic acids is 3. The molecule has 0 aromatic rings. The summed E-state index contributed by atoms with van der Waals surface area (Å²) in [4.78, 5) is 39.5. The first-order chi connectivity index (χ1) is 15.8. The van der Waals surface area contributed by atoms with E-state index in [1.165, 1.54) is 18.6 Å². The first-order valence-corrected chi connectivity index (χ1v) is 13.7. The Bertz CT molecular complexity index is 571. The number of carbonyl (C=O) groups is 3. The van der Waals surface area contributed by atoms with Gasteiger partial charge < -0.3 is 24.8 Å². The molecule has 0 radical (unpaired) electrons. The van der Waals surface area contributed by atoms with E-state index in [4.69, 9.17) is 19.0 Å². The number of hydroxylamine groups is 1. The van der Waals surface area contributed by atoms with E-state index in [9.17, 15) is 14.4 Å². The summed E-state index contributed by atoms with van der Waals surface area (Å²) < 4.78 is 15.7. The van der Waals surface area contributed by atoms with Crippen molar-refractivity contribution < 1.29 is 33.4 Å². The van der Waals surface area contributed by atoms with Gasteiger partial charge in [0.1, 0.15) is 5.60 Å². The number of amides is 3. The highest BCUT2D eigenvalue weighted by Crippen LogP contribution is 2.39. The van der Waals surface area contributed by atoms with Crippen LogP contribution in [0.15, 0.2) is 0 Å². The molecule has 1 fully saturated rings. The Morgan fingerprint density at radius 2 is 1.61 bits per heavy atom. The molecule has 3 N–H and O–H groups in total. The van der Waals surface area contributed by atoms with E-state index in [0.29, 0.717) is 45.9 Å². The first kappa shape index (κ1) is 29.8. The molecule has 0 spiro atoms. The Morgan fingerprint density at radius 1 is 0.939 bits per heavy atom. The van der Waals surface area contributed by atoms with Crippen LogP contribution in [0.25, 0.3) is 0 Å². The van der Waals surface area contributed by atoms with Gasteiger partial charge in [0.05, 0.1) is 26.4 Å². The van der Waals surface area contributed by atoms with Gasteiger partial charge in [-0.15, -0.1) is 0 Å². The topological polar surface area (TPSA) is 124 Å². The monoisotopic (exact) mass is 509 g/mol. The van der Waals surface area contributed by atoms with Crippen LogP contribution in [0.5, 0.6) is 0 Å². The molecular weight excluding hydrogens is 470 g/mol. The summed E-state index contributed by atoms with van der Waals surface area (Å²) >= 11 is 0. The molecule has 3 amide bonds. The third kappa shape index (κ3) is 18.9. The Hall–Kier alpha value is -1.21. The standard InChI is InChI=1S/C21H39N3O7S2/c1-21(2,3)31-20(27)24-30-16-19(26)23-10-12-29-14-13-28-11-9-22-18(25)7-5-4-6-17-8-15-32-33-17/h17H,4-16H2,1-3H3,(H,22,25)(H,23,26)(H,24,27). The smallest absolute Gasteiger partial charge is 0.431 e. The molecule has 0 aliphatic carbocycles. The number of nitrogens with one attached hydrogen (secondary N) is 3. The zero-order chi connectivity index (χ0) is 24.4. The van der Waals surface area contributed by atoms with E-state index in [1.807, 2.05) is 27.1 Å². The molecule has 0 aromatic heterocycles. The molecule has 1 rings (SSSR count). The van der Waals surface area contributed by atoms with Gasteiger partial charge in [-0.3, -0.25) is 14.4 Å². The molecule has 1 aliphatic rings. The van der Waals surface area contributed by atoms with E-state index in [1.54, 1.807) is 20.8 Å². The van der Waals surface area contributed by atoms with Gasteiger partial charge in [0.2, 0.25) is 11.8 Å². The van der Waals surface area contributed by atoms with Crippen molar-refractivity contribution in [3.05, 3.63) is 0 Å². The lowest BCUT2D eigenvalue weighted by molar-refractivity contribution is -0.128. The summed E-state index contributed by atoms with van der Waals surface area (Å²) in [7, 11) is 3.94. The van der Waals surface area contributed by atoms with Crippen molar-refractivity contribution in [2.24, 2.45) is 0 Å². The van der Waals surface area contributed by atoms with Crippen molar-refractivity contribution in [3.8, 4) is 0 Å². The second-order valence-electron chi connectivity index (χ2n) is 8.39. The number of unbranched alkanes of at least 4 members (excludes halogenated alkanes) is 1. The molecule has 12 heteroatoms. The summed E-state index contributed by atoms with van der Waals surface area (Å²) in [6.07, 6.45) is 4.35. The zero-order valence-corrected chi connectivity index (χ0v) is 21.6. The number of ether oxygens (including phenoxy) is 3. The van der Waals surface area contributed by atoms with Crippen LogP contribution in [0.1, 0.15) is 52.9 Å². The largest absolute Gasteiger partial charge is 0.442 e. The highest BCUT2D eigenvalue weighted by atomic mass is 33.1. The van der Waals surface area contributed by atoms with E-state index >= 15 is 0 Å². The Balaban J connectivity index is 1.81. The minimum absolute atomic E-state index is 0.0734. The van der Waals surface area contributed by atoms with Gasteiger partial charge in [0, 0.05) is 30.5 Å². The number of rotatable bonds is 17. The molecule has 0 saturated carbocycles. The highest BCUT2D eigenvalue weighted by Gasteiger charge is 2.17. The van der Waals surface area contributed by atoms with E-state index < -0.39 is 17.6 Å². The lowest BCUT2D eigenvalue weighted by Gasteiger charge is -2.19. The summed E-state index contributed by atoms with van der Waals surface area (Å²) in [5.74, 6) is 0.936. The quantitative estimate of drug-likeness (QED) is 0.154.